The number of nitrogens with one attached hydrogen (secondary N) is 1. The van der Waals surface area contributed by atoms with E-state index in [9.17, 15) is 0 Å². The van der Waals surface area contributed by atoms with Crippen molar-refractivity contribution in [3.63, 3.8) is 0 Å². The van der Waals surface area contributed by atoms with Gasteiger partial charge in [0.2, 0.25) is 0 Å². The van der Waals surface area contributed by atoms with Gasteiger partial charge in [-0.25, -0.2) is 4.85 Å². The van der Waals surface area contributed by atoms with E-state index in [1.165, 1.54) is 41.3 Å². The van der Waals surface area contributed by atoms with E-state index in [4.69, 9.17) is 6.57 Å². The maximum Gasteiger partial charge on any atom is 0.187 e. The fraction of sp³-hybridized carbons (Fsp3) is 0.318. The van der Waals surface area contributed by atoms with Gasteiger partial charge in [-0.15, -0.1) is 0 Å². The molecule has 0 spiro atoms. The second-order valence-electron chi connectivity index (χ2n) is 7.42. The highest BCUT2D eigenvalue weighted by Crippen LogP contribution is 2.42. The van der Waals surface area contributed by atoms with Crippen molar-refractivity contribution >= 4 is 16.6 Å². The summed E-state index contributed by atoms with van der Waals surface area (Å²) in [5.74, 6) is 0.600. The summed E-state index contributed by atoms with van der Waals surface area (Å²) >= 11 is 0. The van der Waals surface area contributed by atoms with Gasteiger partial charge in [0.1, 0.15) is 0 Å². The summed E-state index contributed by atoms with van der Waals surface area (Å²) in [4.78, 5) is 9.65. The highest BCUT2D eigenvalue weighted by Gasteiger charge is 2.33. The molecule has 1 saturated carbocycles. The van der Waals surface area contributed by atoms with Crippen molar-refractivity contribution in [2.24, 2.45) is 0 Å². The molecule has 1 N–H and O–H groups in total. The summed E-state index contributed by atoms with van der Waals surface area (Å²) in [6.45, 7) is 9.47. The minimum Gasteiger partial charge on any atom is -0.361 e. The molecule has 3 nitrogen and oxygen atoms in total. The lowest BCUT2D eigenvalue weighted by molar-refractivity contribution is 0.200. The largest absolute Gasteiger partial charge is 0.361 e. The van der Waals surface area contributed by atoms with Crippen LogP contribution in [0.15, 0.2) is 48.7 Å². The number of H-pyrrole nitrogens is 1. The van der Waals surface area contributed by atoms with Crippen LogP contribution < -0.4 is 0 Å². The molecule has 5 rings (SSSR count). The smallest absolute Gasteiger partial charge is 0.187 e. The van der Waals surface area contributed by atoms with Crippen LogP contribution in [0.25, 0.3) is 15.7 Å². The predicted octanol–water partition coefficient (Wildman–Crippen LogP) is 5.37. The van der Waals surface area contributed by atoms with Gasteiger partial charge in [-0.3, -0.25) is 4.90 Å². The second-order valence-corrected chi connectivity index (χ2v) is 7.42. The van der Waals surface area contributed by atoms with Gasteiger partial charge in [0.05, 0.1) is 6.57 Å². The molecule has 124 valence electrons. The minimum atomic E-state index is 0.600. The molecule has 0 saturated heterocycles. The van der Waals surface area contributed by atoms with E-state index < -0.39 is 0 Å². The number of rotatable bonds is 2. The lowest BCUT2D eigenvalue weighted by Gasteiger charge is -2.23. The summed E-state index contributed by atoms with van der Waals surface area (Å²) in [5.41, 5.74) is 6.29. The first kappa shape index (κ1) is 14.7. The Morgan fingerprint density at radius 3 is 2.60 bits per heavy atom. The van der Waals surface area contributed by atoms with Crippen molar-refractivity contribution in [1.29, 1.82) is 0 Å². The minimum absolute atomic E-state index is 0.600. The molecule has 0 radical (unpaired) electrons. The van der Waals surface area contributed by atoms with E-state index in [1.807, 2.05) is 18.2 Å². The number of aromatic amines is 1. The molecule has 0 amide bonds. The first-order valence-corrected chi connectivity index (χ1v) is 9.11. The first-order chi connectivity index (χ1) is 12.3. The van der Waals surface area contributed by atoms with Crippen LogP contribution in [0.1, 0.15) is 41.9 Å². The average molecular weight is 327 g/mol. The SMILES string of the molecule is [C-]#[N+]c1ccc2[nH]cc(C3CCC(N4Cc5ccccc5C4)C3)c2c1. The van der Waals surface area contributed by atoms with Crippen molar-refractivity contribution < 1.29 is 0 Å². The Hall–Kier alpha value is -2.57. The van der Waals surface area contributed by atoms with Gasteiger partial charge in [0.15, 0.2) is 5.69 Å². The van der Waals surface area contributed by atoms with E-state index in [0.717, 1.165) is 24.3 Å². The first-order valence-electron chi connectivity index (χ1n) is 9.11. The molecule has 1 fully saturated rings. The Labute approximate surface area is 148 Å². The van der Waals surface area contributed by atoms with Gasteiger partial charge >= 0.3 is 0 Å². The zero-order valence-corrected chi connectivity index (χ0v) is 14.2. The number of benzene rings is 2. The summed E-state index contributed by atoms with van der Waals surface area (Å²) in [5, 5.41) is 1.24. The van der Waals surface area contributed by atoms with Crippen LogP contribution in [-0.2, 0) is 13.1 Å². The second kappa shape index (κ2) is 5.75. The van der Waals surface area contributed by atoms with E-state index in [2.05, 4.69) is 45.2 Å². The van der Waals surface area contributed by atoms with Crippen LogP contribution in [0.3, 0.4) is 0 Å². The molecule has 1 aliphatic carbocycles. The quantitative estimate of drug-likeness (QED) is 0.628. The molecule has 25 heavy (non-hydrogen) atoms. The summed E-state index contributed by atoms with van der Waals surface area (Å²) in [6, 6.07) is 15.5. The van der Waals surface area contributed by atoms with Gasteiger partial charge in [-0.05, 0) is 59.4 Å². The molecule has 0 bridgehead atoms. The normalized spacial score (nSPS) is 23.0. The predicted molar refractivity (Wildman–Crippen MR) is 101 cm³/mol. The number of fused-ring (bicyclic) bond motifs is 2. The Kier molecular flexibility index (Phi) is 3.39. The van der Waals surface area contributed by atoms with Gasteiger partial charge in [0, 0.05) is 30.8 Å². The van der Waals surface area contributed by atoms with Crippen LogP contribution in [0, 0.1) is 6.57 Å². The molecule has 2 atom stereocenters. The van der Waals surface area contributed by atoms with E-state index in [1.54, 1.807) is 0 Å². The zero-order chi connectivity index (χ0) is 16.8. The van der Waals surface area contributed by atoms with Crippen LogP contribution in [-0.4, -0.2) is 15.9 Å². The van der Waals surface area contributed by atoms with Gasteiger partial charge in [-0.1, -0.05) is 30.3 Å². The summed E-state index contributed by atoms with van der Waals surface area (Å²) in [6.07, 6.45) is 5.91. The lowest BCUT2D eigenvalue weighted by atomic mass is 9.96. The number of nitrogens with zero attached hydrogens (tertiary/aromatic N) is 2. The third-order valence-corrected chi connectivity index (χ3v) is 6.05. The van der Waals surface area contributed by atoms with Gasteiger partial charge in [0.25, 0.3) is 0 Å². The highest BCUT2D eigenvalue weighted by atomic mass is 15.2. The molecule has 1 aromatic heterocycles. The standard InChI is InChI=1S/C22H21N3/c1-23-18-7-9-22-20(11-18)21(12-24-22)15-6-8-19(10-15)25-13-16-4-2-3-5-17(16)14-25/h2-5,7,9,11-12,15,19,24H,6,8,10,13-14H2. The number of hydrogen-bond acceptors (Lipinski definition) is 1. The number of hydrogen-bond donors (Lipinski definition) is 1. The fourth-order valence-corrected chi connectivity index (χ4v) is 4.73. The molecule has 1 aliphatic heterocycles. The monoisotopic (exact) mass is 327 g/mol. The molecular formula is C22H21N3. The van der Waals surface area contributed by atoms with Gasteiger partial charge < -0.3 is 4.98 Å². The van der Waals surface area contributed by atoms with Crippen molar-refractivity contribution in [2.75, 3.05) is 0 Å². The maximum absolute atomic E-state index is 7.27. The molecule has 3 aromatic rings. The zero-order valence-electron chi connectivity index (χ0n) is 14.2. The molecule has 3 heteroatoms. The third kappa shape index (κ3) is 2.45. The molecule has 2 heterocycles. The van der Waals surface area contributed by atoms with Crippen molar-refractivity contribution in [3.8, 4) is 0 Å². The Balaban J connectivity index is 1.37. The van der Waals surface area contributed by atoms with E-state index in [-0.39, 0.29) is 0 Å². The lowest BCUT2D eigenvalue weighted by Crippen LogP contribution is -2.28. The number of aromatic nitrogens is 1. The molecule has 2 aromatic carbocycles. The van der Waals surface area contributed by atoms with E-state index in [0.29, 0.717) is 12.0 Å². The van der Waals surface area contributed by atoms with Crippen LogP contribution in [0.5, 0.6) is 0 Å². The molecular weight excluding hydrogens is 306 g/mol. The Morgan fingerprint density at radius 2 is 1.84 bits per heavy atom. The Morgan fingerprint density at radius 1 is 1.04 bits per heavy atom. The van der Waals surface area contributed by atoms with Crippen molar-refractivity contribution in [2.45, 2.75) is 44.3 Å². The van der Waals surface area contributed by atoms with Crippen molar-refractivity contribution in [1.82, 2.24) is 9.88 Å². The topological polar surface area (TPSA) is 23.4 Å². The van der Waals surface area contributed by atoms with Crippen LogP contribution in [0.4, 0.5) is 5.69 Å². The summed E-state index contributed by atoms with van der Waals surface area (Å²) in [7, 11) is 0. The van der Waals surface area contributed by atoms with Crippen LogP contribution in [0.2, 0.25) is 0 Å². The Bertz CT molecular complexity index is 953. The van der Waals surface area contributed by atoms with Gasteiger partial charge in [-0.2, -0.15) is 0 Å². The molecule has 2 unspecified atom stereocenters. The molecule has 2 aliphatic rings. The van der Waals surface area contributed by atoms with Crippen LogP contribution >= 0.6 is 0 Å². The van der Waals surface area contributed by atoms with Crippen molar-refractivity contribution in [3.05, 3.63) is 76.8 Å². The third-order valence-electron chi connectivity index (χ3n) is 6.05. The average Bonchev–Trinajstić information content (AvgIpc) is 3.37. The maximum atomic E-state index is 7.27. The fourth-order valence-electron chi connectivity index (χ4n) is 4.73. The highest BCUT2D eigenvalue weighted by molar-refractivity contribution is 5.87. The summed E-state index contributed by atoms with van der Waals surface area (Å²) < 4.78 is 0. The van der Waals surface area contributed by atoms with E-state index >= 15 is 0 Å².